The van der Waals surface area contributed by atoms with E-state index in [0.29, 0.717) is 12.3 Å². The summed E-state index contributed by atoms with van der Waals surface area (Å²) in [5.41, 5.74) is 1.13. The number of anilines is 1. The number of hydrogen-bond donors (Lipinski definition) is 0. The van der Waals surface area contributed by atoms with Crippen molar-refractivity contribution in [1.82, 2.24) is 0 Å². The Morgan fingerprint density at radius 2 is 1.74 bits per heavy atom. The Morgan fingerprint density at radius 3 is 2.21 bits per heavy atom. The molecule has 1 aromatic rings. The molecule has 0 N–H and O–H groups in total. The van der Waals surface area contributed by atoms with E-state index in [4.69, 9.17) is 18.0 Å². The van der Waals surface area contributed by atoms with Crippen LogP contribution in [0.1, 0.15) is 0 Å². The molecule has 0 radical (unpaired) electrons. The zero-order chi connectivity index (χ0) is 13.7. The van der Waals surface area contributed by atoms with E-state index >= 15 is 0 Å². The second-order valence-electron chi connectivity index (χ2n) is 4.47. The van der Waals surface area contributed by atoms with Gasteiger partial charge in [0.1, 0.15) is 0 Å². The van der Waals surface area contributed by atoms with Gasteiger partial charge in [-0.2, -0.15) is 0 Å². The summed E-state index contributed by atoms with van der Waals surface area (Å²) in [6, 6.07) is 10.2. The summed E-state index contributed by atoms with van der Waals surface area (Å²) >= 11 is 0. The maximum Gasteiger partial charge on any atom is 0.520 e. The number of rotatable bonds is 8. The highest BCUT2D eigenvalue weighted by Crippen LogP contribution is 2.21. The van der Waals surface area contributed by atoms with E-state index < -0.39 is 8.80 Å². The summed E-state index contributed by atoms with van der Waals surface area (Å²) in [5, 5.41) is 0. The summed E-state index contributed by atoms with van der Waals surface area (Å²) in [4.78, 5) is 2.21. The van der Waals surface area contributed by atoms with Crippen LogP contribution in [0.5, 0.6) is 0 Å². The first-order valence-electron chi connectivity index (χ1n) is 6.30. The molecule has 2 rings (SSSR count). The van der Waals surface area contributed by atoms with Gasteiger partial charge in [-0.3, -0.25) is 0 Å². The normalized spacial score (nSPS) is 18.4. The fourth-order valence-electron chi connectivity index (χ4n) is 2.00. The largest absolute Gasteiger partial charge is 0.520 e. The third kappa shape index (κ3) is 3.77. The standard InChI is InChI=1S/C13H21NO4Si/c1-15-19(16-2,17-3)11-14(9-13-10-18-13)12-7-5-4-6-8-12/h4-8,13H,9-11H2,1-3H3. The lowest BCUT2D eigenvalue weighted by Gasteiger charge is -2.32. The van der Waals surface area contributed by atoms with Crippen molar-refractivity contribution >= 4 is 14.5 Å². The van der Waals surface area contributed by atoms with Crippen LogP contribution in [0.15, 0.2) is 30.3 Å². The van der Waals surface area contributed by atoms with Gasteiger partial charge in [-0.1, -0.05) is 18.2 Å². The van der Waals surface area contributed by atoms with Gasteiger partial charge in [0, 0.05) is 33.6 Å². The highest BCUT2D eigenvalue weighted by Gasteiger charge is 2.41. The molecule has 0 amide bonds. The van der Waals surface area contributed by atoms with Gasteiger partial charge in [-0.25, -0.2) is 0 Å². The zero-order valence-corrected chi connectivity index (χ0v) is 12.7. The summed E-state index contributed by atoms with van der Waals surface area (Å²) < 4.78 is 21.8. The maximum atomic E-state index is 5.50. The first-order chi connectivity index (χ1) is 9.23. The minimum atomic E-state index is -2.63. The molecule has 1 aliphatic heterocycles. The molecule has 106 valence electrons. The molecule has 5 nitrogen and oxygen atoms in total. The molecule has 19 heavy (non-hydrogen) atoms. The third-order valence-corrected chi connectivity index (χ3v) is 5.90. The van der Waals surface area contributed by atoms with Crippen LogP contribution < -0.4 is 4.90 Å². The second kappa shape index (κ2) is 6.49. The first kappa shape index (κ1) is 14.5. The SMILES string of the molecule is CO[Si](CN(CC1CO1)c1ccccc1)(OC)OC. The third-order valence-electron chi connectivity index (χ3n) is 3.27. The molecule has 0 aliphatic carbocycles. The first-order valence-corrected chi connectivity index (χ1v) is 8.23. The van der Waals surface area contributed by atoms with E-state index in [2.05, 4.69) is 17.0 Å². The van der Waals surface area contributed by atoms with Crippen molar-refractivity contribution in [2.45, 2.75) is 6.10 Å². The number of epoxide rings is 1. The van der Waals surface area contributed by atoms with Gasteiger partial charge >= 0.3 is 8.80 Å². The number of hydrogen-bond acceptors (Lipinski definition) is 5. The van der Waals surface area contributed by atoms with Crippen molar-refractivity contribution in [2.75, 3.05) is 45.5 Å². The van der Waals surface area contributed by atoms with Crippen LogP contribution in [0.3, 0.4) is 0 Å². The smallest absolute Gasteiger partial charge is 0.376 e. The molecule has 1 saturated heterocycles. The van der Waals surface area contributed by atoms with Gasteiger partial charge in [-0.05, 0) is 12.1 Å². The molecule has 0 saturated carbocycles. The minimum absolute atomic E-state index is 0.303. The molecule has 1 aromatic carbocycles. The molecular weight excluding hydrogens is 262 g/mol. The zero-order valence-electron chi connectivity index (χ0n) is 11.7. The lowest BCUT2D eigenvalue weighted by Crippen LogP contribution is -2.54. The average Bonchev–Trinajstić information content (AvgIpc) is 3.29. The average molecular weight is 283 g/mol. The van der Waals surface area contributed by atoms with Crippen LogP contribution in [0.4, 0.5) is 5.69 Å². The van der Waals surface area contributed by atoms with Gasteiger partial charge in [0.25, 0.3) is 0 Å². The van der Waals surface area contributed by atoms with E-state index in [0.717, 1.165) is 18.8 Å². The van der Waals surface area contributed by atoms with Crippen LogP contribution in [-0.4, -0.2) is 55.6 Å². The van der Waals surface area contributed by atoms with E-state index in [1.165, 1.54) is 0 Å². The second-order valence-corrected chi connectivity index (χ2v) is 7.37. The van der Waals surface area contributed by atoms with E-state index in [1.807, 2.05) is 18.2 Å². The van der Waals surface area contributed by atoms with E-state index in [-0.39, 0.29) is 0 Å². The molecule has 1 aliphatic rings. The molecule has 0 spiro atoms. The summed E-state index contributed by atoms with van der Waals surface area (Å²) in [6.07, 6.45) is 0.915. The summed E-state index contributed by atoms with van der Waals surface area (Å²) in [7, 11) is 2.27. The molecule has 1 heterocycles. The minimum Gasteiger partial charge on any atom is -0.376 e. The molecule has 1 fully saturated rings. The predicted octanol–water partition coefficient (Wildman–Crippen LogP) is 1.31. The van der Waals surface area contributed by atoms with Crippen LogP contribution in [0, 0.1) is 0 Å². The number of para-hydroxylation sites is 1. The molecule has 1 atom stereocenters. The number of nitrogens with zero attached hydrogens (tertiary/aromatic N) is 1. The molecular formula is C13H21NO4Si. The van der Waals surface area contributed by atoms with Crippen molar-refractivity contribution in [2.24, 2.45) is 0 Å². The van der Waals surface area contributed by atoms with Gasteiger partial charge in [0.2, 0.25) is 0 Å². The summed E-state index contributed by atoms with van der Waals surface area (Å²) in [5.74, 6) is 0. The van der Waals surface area contributed by atoms with Gasteiger partial charge < -0.3 is 22.9 Å². The number of benzene rings is 1. The van der Waals surface area contributed by atoms with Crippen molar-refractivity contribution in [3.8, 4) is 0 Å². The van der Waals surface area contributed by atoms with E-state index in [1.54, 1.807) is 21.3 Å². The Hall–Kier alpha value is -0.923. The van der Waals surface area contributed by atoms with Crippen LogP contribution in [0.2, 0.25) is 0 Å². The highest BCUT2D eigenvalue weighted by molar-refractivity contribution is 6.61. The lowest BCUT2D eigenvalue weighted by atomic mass is 10.3. The molecule has 6 heteroatoms. The van der Waals surface area contributed by atoms with Crippen molar-refractivity contribution in [3.63, 3.8) is 0 Å². The van der Waals surface area contributed by atoms with Crippen LogP contribution in [0.25, 0.3) is 0 Å². The topological polar surface area (TPSA) is 43.5 Å². The Kier molecular flexibility index (Phi) is 4.95. The molecule has 0 bridgehead atoms. The van der Waals surface area contributed by atoms with Crippen LogP contribution >= 0.6 is 0 Å². The quantitative estimate of drug-likeness (QED) is 0.531. The maximum absolute atomic E-state index is 5.50. The van der Waals surface area contributed by atoms with Crippen molar-refractivity contribution in [1.29, 1.82) is 0 Å². The fourth-order valence-corrected chi connectivity index (χ4v) is 3.66. The van der Waals surface area contributed by atoms with E-state index in [9.17, 15) is 0 Å². The monoisotopic (exact) mass is 283 g/mol. The fraction of sp³-hybridized carbons (Fsp3) is 0.538. The van der Waals surface area contributed by atoms with Gasteiger partial charge in [0.05, 0.1) is 18.9 Å². The van der Waals surface area contributed by atoms with Crippen molar-refractivity contribution < 1.29 is 18.0 Å². The Morgan fingerprint density at radius 1 is 1.16 bits per heavy atom. The molecule has 1 unspecified atom stereocenters. The van der Waals surface area contributed by atoms with Gasteiger partial charge in [-0.15, -0.1) is 0 Å². The van der Waals surface area contributed by atoms with Gasteiger partial charge in [0.15, 0.2) is 0 Å². The van der Waals surface area contributed by atoms with Crippen LogP contribution in [-0.2, 0) is 18.0 Å². The van der Waals surface area contributed by atoms with Crippen molar-refractivity contribution in [3.05, 3.63) is 30.3 Å². The Labute approximate surface area is 115 Å². The lowest BCUT2D eigenvalue weighted by molar-refractivity contribution is 0.124. The molecule has 0 aromatic heterocycles. The highest BCUT2D eigenvalue weighted by atomic mass is 28.4. The predicted molar refractivity (Wildman–Crippen MR) is 75.2 cm³/mol. The summed E-state index contributed by atoms with van der Waals surface area (Å²) in [6.45, 7) is 1.65. The Balaban J connectivity index is 2.13. The Bertz CT molecular complexity index is 373. The number of ether oxygens (including phenoxy) is 1.